The summed E-state index contributed by atoms with van der Waals surface area (Å²) in [5.74, 6) is 0.681. The molecule has 5 nitrogen and oxygen atoms in total. The average molecular weight is 362 g/mol. The smallest absolute Gasteiger partial charge is 0.257 e. The number of fused-ring (bicyclic) bond motifs is 5. The highest BCUT2D eigenvalue weighted by Crippen LogP contribution is 2.33. The average Bonchev–Trinajstić information content (AvgIpc) is 2.91. The van der Waals surface area contributed by atoms with Gasteiger partial charge in [0.15, 0.2) is 0 Å². The van der Waals surface area contributed by atoms with Crippen molar-refractivity contribution in [2.24, 2.45) is 5.92 Å². The fourth-order valence-corrected chi connectivity index (χ4v) is 5.21. The first-order valence-corrected chi connectivity index (χ1v) is 10.1. The molecule has 2 atom stereocenters. The summed E-state index contributed by atoms with van der Waals surface area (Å²) in [6.07, 6.45) is 7.83. The summed E-state index contributed by atoms with van der Waals surface area (Å²) in [5, 5.41) is 0. The molecule has 1 aromatic carbocycles. The summed E-state index contributed by atoms with van der Waals surface area (Å²) in [6, 6.07) is 9.74. The molecule has 3 saturated heterocycles. The van der Waals surface area contributed by atoms with Crippen LogP contribution in [-0.2, 0) is 12.8 Å². The summed E-state index contributed by atoms with van der Waals surface area (Å²) in [5.41, 5.74) is 4.44. The van der Waals surface area contributed by atoms with Crippen molar-refractivity contribution < 1.29 is 4.79 Å². The van der Waals surface area contributed by atoms with Crippen LogP contribution in [-0.4, -0.2) is 57.4 Å². The van der Waals surface area contributed by atoms with E-state index in [-0.39, 0.29) is 5.91 Å². The Morgan fingerprint density at radius 3 is 2.56 bits per heavy atom. The zero-order valence-electron chi connectivity index (χ0n) is 15.8. The van der Waals surface area contributed by atoms with E-state index in [4.69, 9.17) is 0 Å². The largest absolute Gasteiger partial charge is 0.334 e. The van der Waals surface area contributed by atoms with Crippen molar-refractivity contribution in [3.8, 4) is 0 Å². The Balaban J connectivity index is 1.35. The highest BCUT2D eigenvalue weighted by Gasteiger charge is 2.40. The van der Waals surface area contributed by atoms with E-state index in [0.717, 1.165) is 44.6 Å². The van der Waals surface area contributed by atoms with Crippen LogP contribution in [0.4, 0.5) is 0 Å². The molecule has 0 spiro atoms. The minimum Gasteiger partial charge on any atom is -0.334 e. The lowest BCUT2D eigenvalue weighted by atomic mass is 9.94. The van der Waals surface area contributed by atoms with E-state index in [1.807, 2.05) is 6.92 Å². The molecule has 4 heterocycles. The second-order valence-electron chi connectivity index (χ2n) is 8.36. The van der Waals surface area contributed by atoms with E-state index in [0.29, 0.717) is 23.6 Å². The number of benzene rings is 1. The third-order valence-electron chi connectivity index (χ3n) is 6.69. The monoisotopic (exact) mass is 362 g/mol. The molecule has 0 unspecified atom stereocenters. The molecule has 5 heteroatoms. The Kier molecular flexibility index (Phi) is 4.20. The number of aryl methyl sites for hydroxylation is 1. The minimum absolute atomic E-state index is 0.111. The third-order valence-corrected chi connectivity index (χ3v) is 6.69. The molecule has 3 aliphatic heterocycles. The molecule has 27 heavy (non-hydrogen) atoms. The molecular formula is C22H26N4O. The van der Waals surface area contributed by atoms with Crippen LogP contribution in [0, 0.1) is 12.8 Å². The van der Waals surface area contributed by atoms with Gasteiger partial charge in [-0.1, -0.05) is 24.3 Å². The molecule has 3 fully saturated rings. The Morgan fingerprint density at radius 1 is 1.04 bits per heavy atom. The minimum atomic E-state index is 0.111. The molecule has 140 valence electrons. The number of carbonyl (C=O) groups is 1. The van der Waals surface area contributed by atoms with Gasteiger partial charge in [0.25, 0.3) is 5.91 Å². The van der Waals surface area contributed by atoms with Crippen molar-refractivity contribution in [2.75, 3.05) is 19.6 Å². The molecule has 0 saturated carbocycles. The maximum Gasteiger partial charge on any atom is 0.257 e. The van der Waals surface area contributed by atoms with Gasteiger partial charge in [-0.3, -0.25) is 9.69 Å². The summed E-state index contributed by atoms with van der Waals surface area (Å²) in [4.78, 5) is 26.3. The van der Waals surface area contributed by atoms with Crippen molar-refractivity contribution in [3.05, 3.63) is 59.2 Å². The van der Waals surface area contributed by atoms with Gasteiger partial charge in [0.05, 0.1) is 11.3 Å². The van der Waals surface area contributed by atoms with E-state index < -0.39 is 0 Å². The zero-order valence-corrected chi connectivity index (χ0v) is 15.8. The summed E-state index contributed by atoms with van der Waals surface area (Å²) in [7, 11) is 0. The highest BCUT2D eigenvalue weighted by atomic mass is 16.2. The van der Waals surface area contributed by atoms with E-state index in [1.165, 1.54) is 23.9 Å². The van der Waals surface area contributed by atoms with E-state index in [9.17, 15) is 4.79 Å². The van der Waals surface area contributed by atoms with Crippen molar-refractivity contribution in [1.82, 2.24) is 19.8 Å². The first kappa shape index (κ1) is 16.9. The predicted octanol–water partition coefficient (Wildman–Crippen LogP) is 2.49. The molecule has 1 aromatic heterocycles. The molecule has 2 bridgehead atoms. The van der Waals surface area contributed by atoms with Gasteiger partial charge >= 0.3 is 0 Å². The van der Waals surface area contributed by atoms with Gasteiger partial charge < -0.3 is 4.90 Å². The molecule has 6 rings (SSSR count). The zero-order chi connectivity index (χ0) is 18.4. The van der Waals surface area contributed by atoms with Crippen LogP contribution >= 0.6 is 0 Å². The van der Waals surface area contributed by atoms with Crippen LogP contribution in [0.25, 0.3) is 0 Å². The van der Waals surface area contributed by atoms with Gasteiger partial charge in [0.2, 0.25) is 0 Å². The van der Waals surface area contributed by atoms with Crippen LogP contribution in [0.15, 0.2) is 36.8 Å². The molecular weight excluding hydrogens is 336 g/mol. The van der Waals surface area contributed by atoms with Gasteiger partial charge in [-0.2, -0.15) is 0 Å². The van der Waals surface area contributed by atoms with E-state index in [1.54, 1.807) is 6.20 Å². The molecule has 1 aliphatic carbocycles. The SMILES string of the molecule is Cc1ncncc1C(=O)N1C[C@H]2CC[C@@H]1CN(C1Cc3ccccc3C1)C2. The van der Waals surface area contributed by atoms with E-state index >= 15 is 0 Å². The fraction of sp³-hybridized carbons (Fsp3) is 0.500. The van der Waals surface area contributed by atoms with Gasteiger partial charge in [-0.05, 0) is 49.7 Å². The lowest BCUT2D eigenvalue weighted by Gasteiger charge is -2.36. The molecule has 4 aliphatic rings. The Morgan fingerprint density at radius 2 is 1.81 bits per heavy atom. The van der Waals surface area contributed by atoms with Gasteiger partial charge in [0, 0.05) is 37.9 Å². The lowest BCUT2D eigenvalue weighted by Crippen LogP contribution is -2.48. The predicted molar refractivity (Wildman–Crippen MR) is 104 cm³/mol. The quantitative estimate of drug-likeness (QED) is 0.824. The highest BCUT2D eigenvalue weighted by molar-refractivity contribution is 5.95. The number of aromatic nitrogens is 2. The summed E-state index contributed by atoms with van der Waals surface area (Å²) in [6.45, 7) is 4.87. The van der Waals surface area contributed by atoms with Gasteiger partial charge in [0.1, 0.15) is 6.33 Å². The topological polar surface area (TPSA) is 49.3 Å². The number of hydrogen-bond acceptors (Lipinski definition) is 4. The number of hydrogen-bond donors (Lipinski definition) is 0. The molecule has 2 aromatic rings. The second-order valence-corrected chi connectivity index (χ2v) is 8.36. The number of rotatable bonds is 2. The van der Waals surface area contributed by atoms with E-state index in [2.05, 4.69) is 44.0 Å². The van der Waals surface area contributed by atoms with Crippen LogP contribution in [0.2, 0.25) is 0 Å². The number of carbonyl (C=O) groups excluding carboxylic acids is 1. The maximum atomic E-state index is 13.2. The number of nitrogens with zero attached hydrogens (tertiary/aromatic N) is 4. The van der Waals surface area contributed by atoms with Crippen molar-refractivity contribution in [2.45, 2.75) is 44.7 Å². The lowest BCUT2D eigenvalue weighted by molar-refractivity contribution is 0.0580. The summed E-state index contributed by atoms with van der Waals surface area (Å²) >= 11 is 0. The number of amides is 1. The maximum absolute atomic E-state index is 13.2. The Labute approximate surface area is 160 Å². The summed E-state index contributed by atoms with van der Waals surface area (Å²) < 4.78 is 0. The molecule has 0 N–H and O–H groups in total. The molecule has 0 radical (unpaired) electrons. The van der Waals surface area contributed by atoms with Crippen LogP contribution in [0.5, 0.6) is 0 Å². The standard InChI is InChI=1S/C22H26N4O/c1-15-21(10-23-14-24-15)22(27)26-12-16-6-7-19(26)13-25(11-16)20-8-17-4-2-3-5-18(17)9-20/h2-5,10,14,16,19-20H,6-9,11-13H2,1H3/t16-,19+/m0/s1. The van der Waals surface area contributed by atoms with Crippen molar-refractivity contribution in [1.29, 1.82) is 0 Å². The molecule has 1 amide bonds. The normalized spacial score (nSPS) is 25.4. The van der Waals surface area contributed by atoms with Crippen LogP contribution < -0.4 is 0 Å². The first-order valence-electron chi connectivity index (χ1n) is 10.1. The fourth-order valence-electron chi connectivity index (χ4n) is 5.21. The Bertz CT molecular complexity index is 842. The van der Waals surface area contributed by atoms with Crippen LogP contribution in [0.3, 0.4) is 0 Å². The number of piperidine rings is 1. The van der Waals surface area contributed by atoms with Crippen molar-refractivity contribution >= 4 is 5.91 Å². The van der Waals surface area contributed by atoms with Gasteiger partial charge in [-0.15, -0.1) is 0 Å². The Hall–Kier alpha value is -2.27. The van der Waals surface area contributed by atoms with Crippen LogP contribution in [0.1, 0.15) is 40.0 Å². The van der Waals surface area contributed by atoms with Gasteiger partial charge in [-0.25, -0.2) is 9.97 Å². The van der Waals surface area contributed by atoms with Crippen molar-refractivity contribution in [3.63, 3.8) is 0 Å². The third kappa shape index (κ3) is 3.04. The second kappa shape index (κ2) is 6.71. The first-order chi connectivity index (χ1) is 13.2.